The van der Waals surface area contributed by atoms with Crippen molar-refractivity contribution in [3.05, 3.63) is 0 Å². The van der Waals surface area contributed by atoms with Crippen LogP contribution >= 0.6 is 12.2 Å². The van der Waals surface area contributed by atoms with Crippen molar-refractivity contribution < 1.29 is 4.74 Å². The van der Waals surface area contributed by atoms with E-state index in [1.807, 2.05) is 6.92 Å². The lowest BCUT2D eigenvalue weighted by Crippen LogP contribution is -2.36. The molecule has 0 fully saturated rings. The zero-order valence-electron chi connectivity index (χ0n) is 11.4. The molecule has 0 radical (unpaired) electrons. The Morgan fingerprint density at radius 1 is 1.12 bits per heavy atom. The van der Waals surface area contributed by atoms with Gasteiger partial charge in [0, 0.05) is 26.3 Å². The molecule has 4 nitrogen and oxygen atoms in total. The van der Waals surface area contributed by atoms with E-state index >= 15 is 0 Å². The molecule has 0 saturated heterocycles. The number of nitrogens with zero attached hydrogens (tertiary/aromatic N) is 1. The van der Waals surface area contributed by atoms with Crippen LogP contribution in [0, 0.1) is 0 Å². The second-order valence-corrected chi connectivity index (χ2v) is 4.65. The molecule has 17 heavy (non-hydrogen) atoms. The number of rotatable bonds is 10. The first-order valence-electron chi connectivity index (χ1n) is 6.41. The van der Waals surface area contributed by atoms with E-state index in [0.29, 0.717) is 0 Å². The second-order valence-electron chi connectivity index (χ2n) is 4.24. The summed E-state index contributed by atoms with van der Waals surface area (Å²) in [6, 6.07) is 0. The molecule has 0 unspecified atom stereocenters. The third kappa shape index (κ3) is 13.5. The Bertz CT molecular complexity index is 189. The average molecular weight is 261 g/mol. The summed E-state index contributed by atoms with van der Waals surface area (Å²) in [5.74, 6) is 0. The lowest BCUT2D eigenvalue weighted by molar-refractivity contribution is 0.145. The molecule has 0 aliphatic carbocycles. The van der Waals surface area contributed by atoms with Gasteiger partial charge in [-0.3, -0.25) is 0 Å². The SMILES string of the molecule is CCOCCCNC(=S)NCCCCN(C)C. The molecule has 0 aromatic rings. The number of unbranched alkanes of at least 4 members (excludes halogenated alkanes) is 1. The lowest BCUT2D eigenvalue weighted by Gasteiger charge is -2.11. The lowest BCUT2D eigenvalue weighted by atomic mass is 10.3. The molecule has 5 heteroatoms. The van der Waals surface area contributed by atoms with Gasteiger partial charge in [-0.05, 0) is 59.0 Å². The highest BCUT2D eigenvalue weighted by Crippen LogP contribution is 1.88. The van der Waals surface area contributed by atoms with Crippen LogP contribution in [0.5, 0.6) is 0 Å². The summed E-state index contributed by atoms with van der Waals surface area (Å²) in [7, 11) is 4.19. The Morgan fingerprint density at radius 2 is 1.76 bits per heavy atom. The highest BCUT2D eigenvalue weighted by Gasteiger charge is 1.95. The van der Waals surface area contributed by atoms with Gasteiger partial charge in [0.15, 0.2) is 5.11 Å². The van der Waals surface area contributed by atoms with Gasteiger partial charge in [0.25, 0.3) is 0 Å². The first-order valence-corrected chi connectivity index (χ1v) is 6.81. The molecule has 0 heterocycles. The van der Waals surface area contributed by atoms with Gasteiger partial charge >= 0.3 is 0 Å². The average Bonchev–Trinajstić information content (AvgIpc) is 2.28. The number of thiocarbonyl (C=S) groups is 1. The smallest absolute Gasteiger partial charge is 0.166 e. The van der Waals surface area contributed by atoms with Crippen LogP contribution < -0.4 is 10.6 Å². The Labute approximate surface area is 111 Å². The molecule has 0 amide bonds. The highest BCUT2D eigenvalue weighted by molar-refractivity contribution is 7.80. The maximum Gasteiger partial charge on any atom is 0.166 e. The fourth-order valence-electron chi connectivity index (χ4n) is 1.34. The first kappa shape index (κ1) is 16.6. The van der Waals surface area contributed by atoms with E-state index in [2.05, 4.69) is 29.6 Å². The fraction of sp³-hybridized carbons (Fsp3) is 0.917. The van der Waals surface area contributed by atoms with Gasteiger partial charge in [-0.25, -0.2) is 0 Å². The zero-order valence-corrected chi connectivity index (χ0v) is 12.2. The minimum absolute atomic E-state index is 0.756. The van der Waals surface area contributed by atoms with Crippen LogP contribution in [0.15, 0.2) is 0 Å². The van der Waals surface area contributed by atoms with Crippen molar-refractivity contribution >= 4 is 17.3 Å². The predicted octanol–water partition coefficient (Wildman–Crippen LogP) is 1.22. The number of nitrogens with one attached hydrogen (secondary N) is 2. The van der Waals surface area contributed by atoms with Crippen LogP contribution in [0.2, 0.25) is 0 Å². The zero-order chi connectivity index (χ0) is 12.9. The quantitative estimate of drug-likeness (QED) is 0.457. The Morgan fingerprint density at radius 3 is 2.35 bits per heavy atom. The molecule has 0 rings (SSSR count). The molecule has 0 saturated carbocycles. The van der Waals surface area contributed by atoms with Gasteiger partial charge in [0.05, 0.1) is 0 Å². The van der Waals surface area contributed by atoms with Gasteiger partial charge in [0.2, 0.25) is 0 Å². The summed E-state index contributed by atoms with van der Waals surface area (Å²) in [4.78, 5) is 2.20. The fourth-order valence-corrected chi connectivity index (χ4v) is 1.54. The molecule has 0 aromatic heterocycles. The first-order chi connectivity index (χ1) is 8.16. The summed E-state index contributed by atoms with van der Waals surface area (Å²) in [5.41, 5.74) is 0. The number of ether oxygens (including phenoxy) is 1. The standard InChI is InChI=1S/C12H27N3OS/c1-4-16-11-7-9-14-12(17)13-8-5-6-10-15(2)3/h4-11H2,1-3H3,(H2,13,14,17). The maximum absolute atomic E-state index is 5.24. The highest BCUT2D eigenvalue weighted by atomic mass is 32.1. The van der Waals surface area contributed by atoms with Crippen molar-refractivity contribution in [3.63, 3.8) is 0 Å². The van der Waals surface area contributed by atoms with E-state index in [9.17, 15) is 0 Å². The van der Waals surface area contributed by atoms with E-state index in [1.165, 1.54) is 6.42 Å². The molecule has 0 spiro atoms. The minimum atomic E-state index is 0.756. The molecule has 0 aliphatic heterocycles. The van der Waals surface area contributed by atoms with Gasteiger partial charge in [0.1, 0.15) is 0 Å². The minimum Gasteiger partial charge on any atom is -0.382 e. The van der Waals surface area contributed by atoms with E-state index in [0.717, 1.165) is 50.8 Å². The van der Waals surface area contributed by atoms with Crippen molar-refractivity contribution in [2.45, 2.75) is 26.2 Å². The van der Waals surface area contributed by atoms with E-state index in [-0.39, 0.29) is 0 Å². The summed E-state index contributed by atoms with van der Waals surface area (Å²) in [6.07, 6.45) is 3.35. The Kier molecular flexibility index (Phi) is 11.8. The molecule has 0 aromatic carbocycles. The summed E-state index contributed by atoms with van der Waals surface area (Å²) >= 11 is 5.16. The molecular formula is C12H27N3OS. The van der Waals surface area contributed by atoms with Crippen molar-refractivity contribution in [1.82, 2.24) is 15.5 Å². The van der Waals surface area contributed by atoms with Crippen LogP contribution in [0.4, 0.5) is 0 Å². The van der Waals surface area contributed by atoms with E-state index in [4.69, 9.17) is 17.0 Å². The van der Waals surface area contributed by atoms with Crippen molar-refractivity contribution in [2.75, 3.05) is 46.9 Å². The van der Waals surface area contributed by atoms with E-state index < -0.39 is 0 Å². The third-order valence-corrected chi connectivity index (χ3v) is 2.56. The molecular weight excluding hydrogens is 234 g/mol. The largest absolute Gasteiger partial charge is 0.382 e. The summed E-state index contributed by atoms with van der Waals surface area (Å²) < 4.78 is 5.24. The Balaban J connectivity index is 3.18. The van der Waals surface area contributed by atoms with Gasteiger partial charge in [-0.15, -0.1) is 0 Å². The van der Waals surface area contributed by atoms with Gasteiger partial charge in [-0.1, -0.05) is 0 Å². The Hall–Kier alpha value is -0.390. The maximum atomic E-state index is 5.24. The van der Waals surface area contributed by atoms with Crippen LogP contribution in [-0.2, 0) is 4.74 Å². The van der Waals surface area contributed by atoms with Crippen LogP contribution in [0.1, 0.15) is 26.2 Å². The number of hydrogen-bond acceptors (Lipinski definition) is 3. The molecule has 102 valence electrons. The summed E-state index contributed by atoms with van der Waals surface area (Å²) in [5, 5.41) is 7.14. The molecule has 0 aliphatic rings. The van der Waals surface area contributed by atoms with Gasteiger partial charge in [-0.2, -0.15) is 0 Å². The van der Waals surface area contributed by atoms with Crippen LogP contribution in [0.25, 0.3) is 0 Å². The number of hydrogen-bond donors (Lipinski definition) is 2. The molecule has 0 bridgehead atoms. The van der Waals surface area contributed by atoms with Gasteiger partial charge < -0.3 is 20.3 Å². The molecule has 0 atom stereocenters. The van der Waals surface area contributed by atoms with Crippen molar-refractivity contribution in [3.8, 4) is 0 Å². The van der Waals surface area contributed by atoms with Crippen LogP contribution in [-0.4, -0.2) is 57.0 Å². The van der Waals surface area contributed by atoms with Crippen molar-refractivity contribution in [2.24, 2.45) is 0 Å². The predicted molar refractivity (Wildman–Crippen MR) is 77.5 cm³/mol. The monoisotopic (exact) mass is 261 g/mol. The van der Waals surface area contributed by atoms with Crippen molar-refractivity contribution in [1.29, 1.82) is 0 Å². The van der Waals surface area contributed by atoms with Crippen LogP contribution in [0.3, 0.4) is 0 Å². The van der Waals surface area contributed by atoms with E-state index in [1.54, 1.807) is 0 Å². The second kappa shape index (κ2) is 12.1. The molecule has 2 N–H and O–H groups in total. The summed E-state index contributed by atoms with van der Waals surface area (Å²) in [6.45, 7) is 6.56. The normalized spacial score (nSPS) is 10.6. The third-order valence-electron chi connectivity index (χ3n) is 2.27. The topological polar surface area (TPSA) is 36.5 Å².